The van der Waals surface area contributed by atoms with Crippen molar-refractivity contribution in [3.05, 3.63) is 18.2 Å². The molecule has 1 aliphatic heterocycles. The monoisotopic (exact) mass is 150 g/mol. The average molecular weight is 150 g/mol. The molecule has 2 heterocycles. The zero-order valence-corrected chi connectivity index (χ0v) is 6.17. The van der Waals surface area contributed by atoms with Gasteiger partial charge in [0.15, 0.2) is 5.82 Å². The van der Waals surface area contributed by atoms with Crippen LogP contribution in [0.15, 0.2) is 12.4 Å². The smallest absolute Gasteiger partial charge is 0.151 e. The summed E-state index contributed by atoms with van der Waals surface area (Å²) in [6, 6.07) is 0. The fraction of sp³-hybridized carbons (Fsp3) is 0.429. The van der Waals surface area contributed by atoms with Gasteiger partial charge in [-0.3, -0.25) is 5.10 Å². The van der Waals surface area contributed by atoms with Crippen molar-refractivity contribution in [3.8, 4) is 0 Å². The Labute approximate surface area is 64.7 Å². The number of hydrogen-bond acceptors (Lipinski definition) is 3. The summed E-state index contributed by atoms with van der Waals surface area (Å²) in [5.74, 6) is 0.909. The Kier molecular flexibility index (Phi) is 1.69. The fourth-order valence-electron chi connectivity index (χ4n) is 1.20. The molecular weight excluding hydrogens is 140 g/mol. The van der Waals surface area contributed by atoms with Gasteiger partial charge in [0.2, 0.25) is 0 Å². The zero-order valence-electron chi connectivity index (χ0n) is 6.17. The maximum absolute atomic E-state index is 4.08. The van der Waals surface area contributed by atoms with Crippen LogP contribution in [0.25, 0.3) is 5.57 Å². The lowest BCUT2D eigenvalue weighted by molar-refractivity contribution is 0.734. The second-order valence-electron chi connectivity index (χ2n) is 2.52. The molecule has 0 fully saturated rings. The minimum atomic E-state index is 0.909. The quantitative estimate of drug-likeness (QED) is 0.600. The van der Waals surface area contributed by atoms with E-state index in [4.69, 9.17) is 0 Å². The molecule has 58 valence electrons. The number of rotatable bonds is 1. The second kappa shape index (κ2) is 2.84. The lowest BCUT2D eigenvalue weighted by Crippen LogP contribution is -2.20. The molecule has 2 rings (SSSR count). The first-order chi connectivity index (χ1) is 5.47. The van der Waals surface area contributed by atoms with Gasteiger partial charge in [-0.05, 0) is 18.5 Å². The first kappa shape index (κ1) is 6.54. The van der Waals surface area contributed by atoms with Crippen molar-refractivity contribution in [1.29, 1.82) is 0 Å². The largest absolute Gasteiger partial charge is 0.313 e. The van der Waals surface area contributed by atoms with Gasteiger partial charge in [0.25, 0.3) is 0 Å². The van der Waals surface area contributed by atoms with Crippen LogP contribution in [0.4, 0.5) is 0 Å². The molecular formula is C7H10N4. The summed E-state index contributed by atoms with van der Waals surface area (Å²) in [5.41, 5.74) is 1.27. The van der Waals surface area contributed by atoms with Crippen molar-refractivity contribution in [2.75, 3.05) is 13.1 Å². The van der Waals surface area contributed by atoms with Crippen LogP contribution in [0.5, 0.6) is 0 Å². The first-order valence-electron chi connectivity index (χ1n) is 3.72. The Morgan fingerprint density at radius 1 is 1.45 bits per heavy atom. The number of H-pyrrole nitrogens is 1. The lowest BCUT2D eigenvalue weighted by Gasteiger charge is -2.10. The predicted octanol–water partition coefficient (Wildman–Crippen LogP) is 0.181. The van der Waals surface area contributed by atoms with E-state index in [1.807, 2.05) is 0 Å². The topological polar surface area (TPSA) is 53.6 Å². The van der Waals surface area contributed by atoms with Crippen LogP contribution < -0.4 is 5.32 Å². The van der Waals surface area contributed by atoms with Gasteiger partial charge < -0.3 is 5.32 Å². The Hall–Kier alpha value is -1.16. The van der Waals surface area contributed by atoms with Gasteiger partial charge in [0.1, 0.15) is 6.33 Å². The molecule has 0 radical (unpaired) electrons. The van der Waals surface area contributed by atoms with Crippen molar-refractivity contribution in [1.82, 2.24) is 20.5 Å². The first-order valence-corrected chi connectivity index (χ1v) is 3.72. The van der Waals surface area contributed by atoms with E-state index < -0.39 is 0 Å². The van der Waals surface area contributed by atoms with E-state index in [0.717, 1.165) is 25.3 Å². The summed E-state index contributed by atoms with van der Waals surface area (Å²) in [7, 11) is 0. The molecule has 2 N–H and O–H groups in total. The molecule has 1 aliphatic rings. The molecule has 11 heavy (non-hydrogen) atoms. The Balaban J connectivity index is 2.22. The molecule has 0 unspecified atom stereocenters. The number of nitrogens with zero attached hydrogens (tertiary/aromatic N) is 2. The Bertz CT molecular complexity index is 249. The molecule has 0 aromatic carbocycles. The molecule has 1 aromatic heterocycles. The number of nitrogens with one attached hydrogen (secondary N) is 2. The third-order valence-corrected chi connectivity index (χ3v) is 1.78. The summed E-state index contributed by atoms with van der Waals surface area (Å²) in [6.45, 7) is 1.97. The van der Waals surface area contributed by atoms with E-state index >= 15 is 0 Å². The number of aromatic amines is 1. The molecule has 0 amide bonds. The third kappa shape index (κ3) is 1.30. The van der Waals surface area contributed by atoms with E-state index in [2.05, 4.69) is 26.6 Å². The lowest BCUT2D eigenvalue weighted by atomic mass is 10.1. The molecule has 0 saturated heterocycles. The van der Waals surface area contributed by atoms with Crippen molar-refractivity contribution >= 4 is 5.57 Å². The number of hydrogen-bond donors (Lipinski definition) is 2. The Morgan fingerprint density at radius 3 is 3.09 bits per heavy atom. The summed E-state index contributed by atoms with van der Waals surface area (Å²) >= 11 is 0. The molecule has 1 aromatic rings. The van der Waals surface area contributed by atoms with Crippen LogP contribution in [0.2, 0.25) is 0 Å². The zero-order chi connectivity index (χ0) is 7.52. The van der Waals surface area contributed by atoms with Crippen LogP contribution in [0.3, 0.4) is 0 Å². The fourth-order valence-corrected chi connectivity index (χ4v) is 1.20. The predicted molar refractivity (Wildman–Crippen MR) is 41.8 cm³/mol. The second-order valence-corrected chi connectivity index (χ2v) is 2.52. The molecule has 0 spiro atoms. The minimum absolute atomic E-state index is 0.909. The molecule has 0 bridgehead atoms. The maximum Gasteiger partial charge on any atom is 0.151 e. The summed E-state index contributed by atoms with van der Waals surface area (Å²) in [6.07, 6.45) is 4.72. The average Bonchev–Trinajstić information content (AvgIpc) is 2.58. The normalized spacial score (nSPS) is 18.0. The van der Waals surface area contributed by atoms with Gasteiger partial charge in [-0.15, -0.1) is 0 Å². The van der Waals surface area contributed by atoms with Crippen LogP contribution in [0.1, 0.15) is 12.2 Å². The van der Waals surface area contributed by atoms with Crippen molar-refractivity contribution in [3.63, 3.8) is 0 Å². The van der Waals surface area contributed by atoms with Gasteiger partial charge in [0, 0.05) is 6.54 Å². The van der Waals surface area contributed by atoms with E-state index in [1.54, 1.807) is 0 Å². The summed E-state index contributed by atoms with van der Waals surface area (Å²) in [5, 5.41) is 9.89. The van der Waals surface area contributed by atoms with Crippen molar-refractivity contribution < 1.29 is 0 Å². The van der Waals surface area contributed by atoms with Gasteiger partial charge in [-0.1, -0.05) is 6.08 Å². The third-order valence-electron chi connectivity index (χ3n) is 1.78. The number of aromatic nitrogens is 3. The van der Waals surface area contributed by atoms with Gasteiger partial charge in [0.05, 0.1) is 0 Å². The molecule has 0 aliphatic carbocycles. The van der Waals surface area contributed by atoms with E-state index in [-0.39, 0.29) is 0 Å². The van der Waals surface area contributed by atoms with Gasteiger partial charge >= 0.3 is 0 Å². The standard InChI is InChI=1S/C7H10N4/c1-3-8-4-2-6(1)7-9-5-10-11-7/h1,5,8H,2-4H2,(H,9,10,11). The van der Waals surface area contributed by atoms with Crippen molar-refractivity contribution in [2.45, 2.75) is 6.42 Å². The molecule has 0 saturated carbocycles. The summed E-state index contributed by atoms with van der Waals surface area (Å²) < 4.78 is 0. The van der Waals surface area contributed by atoms with Crippen molar-refractivity contribution in [2.24, 2.45) is 0 Å². The Morgan fingerprint density at radius 2 is 2.45 bits per heavy atom. The molecule has 4 heteroatoms. The van der Waals surface area contributed by atoms with E-state index in [9.17, 15) is 0 Å². The maximum atomic E-state index is 4.08. The van der Waals surface area contributed by atoms with Gasteiger partial charge in [-0.2, -0.15) is 5.10 Å². The SMILES string of the molecule is C1=C(c2ncn[nH]2)CCNC1. The van der Waals surface area contributed by atoms with Crippen LogP contribution in [-0.4, -0.2) is 28.3 Å². The van der Waals surface area contributed by atoms with Crippen LogP contribution >= 0.6 is 0 Å². The van der Waals surface area contributed by atoms with E-state index in [0.29, 0.717) is 0 Å². The molecule has 4 nitrogen and oxygen atoms in total. The van der Waals surface area contributed by atoms with Crippen LogP contribution in [0, 0.1) is 0 Å². The summed E-state index contributed by atoms with van der Waals surface area (Å²) in [4.78, 5) is 4.08. The highest BCUT2D eigenvalue weighted by atomic mass is 15.2. The highest BCUT2D eigenvalue weighted by Crippen LogP contribution is 2.13. The highest BCUT2D eigenvalue weighted by Gasteiger charge is 2.06. The molecule has 0 atom stereocenters. The highest BCUT2D eigenvalue weighted by molar-refractivity contribution is 5.60. The minimum Gasteiger partial charge on any atom is -0.313 e. The van der Waals surface area contributed by atoms with Gasteiger partial charge in [-0.25, -0.2) is 4.98 Å². The van der Waals surface area contributed by atoms with Crippen LogP contribution in [-0.2, 0) is 0 Å². The van der Waals surface area contributed by atoms with E-state index in [1.165, 1.54) is 11.9 Å².